The van der Waals surface area contributed by atoms with Gasteiger partial charge in [-0.25, -0.2) is 0 Å². The minimum Gasteiger partial charge on any atom is -0.480 e. The molecule has 0 aliphatic heterocycles. The van der Waals surface area contributed by atoms with E-state index in [1.54, 1.807) is 19.1 Å². The van der Waals surface area contributed by atoms with Crippen LogP contribution >= 0.6 is 11.6 Å². The van der Waals surface area contributed by atoms with Crippen molar-refractivity contribution in [2.45, 2.75) is 19.3 Å². The maximum Gasteiger partial charge on any atom is 0.327 e. The zero-order valence-electron chi connectivity index (χ0n) is 9.57. The zero-order chi connectivity index (χ0) is 13.1. The van der Waals surface area contributed by atoms with Gasteiger partial charge in [0.15, 0.2) is 5.41 Å². The van der Waals surface area contributed by atoms with E-state index in [2.05, 4.69) is 0 Å². The summed E-state index contributed by atoms with van der Waals surface area (Å²) >= 11 is 5.93. The Balaban J connectivity index is 3.31. The Labute approximate surface area is 104 Å². The molecule has 0 aliphatic rings. The molecular weight excluding hydrogens is 244 g/mol. The van der Waals surface area contributed by atoms with Gasteiger partial charge >= 0.3 is 11.9 Å². The number of carbonyl (C=O) groups is 2. The van der Waals surface area contributed by atoms with Crippen molar-refractivity contribution < 1.29 is 19.4 Å². The molecule has 0 heterocycles. The molecule has 0 aliphatic carbocycles. The van der Waals surface area contributed by atoms with E-state index in [1.165, 1.54) is 19.1 Å². The number of aliphatic carboxylic acids is 1. The molecule has 0 saturated carbocycles. The fourth-order valence-corrected chi connectivity index (χ4v) is 1.78. The lowest BCUT2D eigenvalue weighted by Crippen LogP contribution is -2.42. The van der Waals surface area contributed by atoms with E-state index in [0.717, 1.165) is 0 Å². The van der Waals surface area contributed by atoms with Gasteiger partial charge in [0.1, 0.15) is 0 Å². The summed E-state index contributed by atoms with van der Waals surface area (Å²) < 4.78 is 4.80. The average molecular weight is 257 g/mol. The number of hydrogen-bond donors (Lipinski definition) is 1. The molecule has 92 valence electrons. The standard InChI is InChI=1S/C12H13ClO4/c1-3-17-11(16)12(2,10(14)15)8-6-4-5-7-9(8)13/h4-7H,3H2,1-2H3,(H,14,15). The van der Waals surface area contributed by atoms with Gasteiger partial charge in [0, 0.05) is 5.02 Å². The monoisotopic (exact) mass is 256 g/mol. The Morgan fingerprint density at radius 2 is 2.00 bits per heavy atom. The summed E-state index contributed by atoms with van der Waals surface area (Å²) in [5, 5.41) is 9.48. The highest BCUT2D eigenvalue weighted by Gasteiger charge is 2.46. The van der Waals surface area contributed by atoms with Crippen molar-refractivity contribution in [3.05, 3.63) is 34.9 Å². The third-order valence-electron chi connectivity index (χ3n) is 2.52. The van der Waals surface area contributed by atoms with Gasteiger partial charge in [0.25, 0.3) is 0 Å². The molecule has 1 aromatic carbocycles. The van der Waals surface area contributed by atoms with Crippen molar-refractivity contribution in [1.29, 1.82) is 0 Å². The maximum absolute atomic E-state index is 11.8. The molecule has 0 spiro atoms. The van der Waals surface area contributed by atoms with E-state index in [0.29, 0.717) is 0 Å². The number of carboxylic acid groups (broad SMARTS) is 1. The number of benzene rings is 1. The van der Waals surface area contributed by atoms with E-state index >= 15 is 0 Å². The molecule has 17 heavy (non-hydrogen) atoms. The maximum atomic E-state index is 11.8. The summed E-state index contributed by atoms with van der Waals surface area (Å²) in [5.74, 6) is -2.11. The highest BCUT2D eigenvalue weighted by Crippen LogP contribution is 2.31. The van der Waals surface area contributed by atoms with Crippen molar-refractivity contribution in [3.8, 4) is 0 Å². The number of ether oxygens (including phenoxy) is 1. The first-order chi connectivity index (χ1) is 7.94. The smallest absolute Gasteiger partial charge is 0.327 e. The molecule has 1 unspecified atom stereocenters. The van der Waals surface area contributed by atoms with Crippen LogP contribution in [-0.4, -0.2) is 23.7 Å². The van der Waals surface area contributed by atoms with E-state index < -0.39 is 17.4 Å². The number of carboxylic acids is 1. The Bertz CT molecular complexity index is 444. The van der Waals surface area contributed by atoms with Gasteiger partial charge in [-0.3, -0.25) is 9.59 Å². The quantitative estimate of drug-likeness (QED) is 0.663. The second-order valence-electron chi connectivity index (χ2n) is 3.63. The Hall–Kier alpha value is -1.55. The molecular formula is C12H13ClO4. The number of carbonyl (C=O) groups excluding carboxylic acids is 1. The molecule has 1 N–H and O–H groups in total. The van der Waals surface area contributed by atoms with Crippen LogP contribution in [0.3, 0.4) is 0 Å². The molecule has 0 bridgehead atoms. The second-order valence-corrected chi connectivity index (χ2v) is 4.04. The first-order valence-electron chi connectivity index (χ1n) is 5.10. The van der Waals surface area contributed by atoms with Gasteiger partial charge in [-0.2, -0.15) is 0 Å². The summed E-state index contributed by atoms with van der Waals surface area (Å²) in [4.78, 5) is 23.1. The minimum absolute atomic E-state index is 0.117. The van der Waals surface area contributed by atoms with Gasteiger partial charge in [-0.15, -0.1) is 0 Å². The molecule has 0 fully saturated rings. The normalized spacial score (nSPS) is 13.8. The lowest BCUT2D eigenvalue weighted by molar-refractivity contribution is -0.160. The van der Waals surface area contributed by atoms with Crippen LogP contribution in [-0.2, 0) is 19.7 Å². The van der Waals surface area contributed by atoms with Crippen LogP contribution in [0, 0.1) is 0 Å². The summed E-state index contributed by atoms with van der Waals surface area (Å²) in [5.41, 5.74) is -1.55. The average Bonchev–Trinajstić information content (AvgIpc) is 2.28. The molecule has 1 aromatic rings. The molecule has 4 nitrogen and oxygen atoms in total. The largest absolute Gasteiger partial charge is 0.480 e. The molecule has 5 heteroatoms. The molecule has 0 aromatic heterocycles. The van der Waals surface area contributed by atoms with Crippen LogP contribution in [0.5, 0.6) is 0 Å². The summed E-state index contributed by atoms with van der Waals surface area (Å²) in [6, 6.07) is 6.34. The van der Waals surface area contributed by atoms with Gasteiger partial charge in [-0.1, -0.05) is 29.8 Å². The van der Waals surface area contributed by atoms with Crippen molar-refractivity contribution in [3.63, 3.8) is 0 Å². The Kier molecular flexibility index (Phi) is 4.12. The lowest BCUT2D eigenvalue weighted by atomic mass is 9.82. The zero-order valence-corrected chi connectivity index (χ0v) is 10.3. The van der Waals surface area contributed by atoms with Crippen molar-refractivity contribution in [2.24, 2.45) is 0 Å². The first-order valence-corrected chi connectivity index (χ1v) is 5.48. The van der Waals surface area contributed by atoms with Crippen molar-refractivity contribution in [1.82, 2.24) is 0 Å². The van der Waals surface area contributed by atoms with E-state index in [9.17, 15) is 14.7 Å². The first kappa shape index (κ1) is 13.5. The predicted octanol–water partition coefficient (Wildman–Crippen LogP) is 2.25. The highest BCUT2D eigenvalue weighted by molar-refractivity contribution is 6.32. The third kappa shape index (κ3) is 2.42. The molecule has 0 saturated heterocycles. The predicted molar refractivity (Wildman–Crippen MR) is 63.1 cm³/mol. The topological polar surface area (TPSA) is 63.6 Å². The third-order valence-corrected chi connectivity index (χ3v) is 2.85. The van der Waals surface area contributed by atoms with Crippen LogP contribution in [0.2, 0.25) is 5.02 Å². The molecule has 0 radical (unpaired) electrons. The fraction of sp³-hybridized carbons (Fsp3) is 0.333. The minimum atomic E-state index is -1.78. The lowest BCUT2D eigenvalue weighted by Gasteiger charge is -2.23. The number of hydrogen-bond acceptors (Lipinski definition) is 3. The van der Waals surface area contributed by atoms with Gasteiger partial charge < -0.3 is 9.84 Å². The summed E-state index contributed by atoms with van der Waals surface area (Å²) in [6.45, 7) is 3.02. The molecule has 1 rings (SSSR count). The summed E-state index contributed by atoms with van der Waals surface area (Å²) in [7, 11) is 0. The highest BCUT2D eigenvalue weighted by atomic mass is 35.5. The fourth-order valence-electron chi connectivity index (χ4n) is 1.45. The number of halogens is 1. The van der Waals surface area contributed by atoms with Crippen LogP contribution < -0.4 is 0 Å². The van der Waals surface area contributed by atoms with Gasteiger partial charge in [-0.05, 0) is 25.5 Å². The van der Waals surface area contributed by atoms with Crippen LogP contribution in [0.25, 0.3) is 0 Å². The van der Waals surface area contributed by atoms with E-state index in [1.807, 2.05) is 0 Å². The molecule has 0 amide bonds. The van der Waals surface area contributed by atoms with Gasteiger partial charge in [0.2, 0.25) is 0 Å². The number of rotatable bonds is 4. The molecule has 1 atom stereocenters. The van der Waals surface area contributed by atoms with Crippen molar-refractivity contribution in [2.75, 3.05) is 6.61 Å². The van der Waals surface area contributed by atoms with Crippen LogP contribution in [0.1, 0.15) is 19.4 Å². The van der Waals surface area contributed by atoms with E-state index in [-0.39, 0.29) is 17.2 Å². The van der Waals surface area contributed by atoms with Crippen molar-refractivity contribution >= 4 is 23.5 Å². The van der Waals surface area contributed by atoms with Gasteiger partial charge in [0.05, 0.1) is 6.61 Å². The van der Waals surface area contributed by atoms with Crippen LogP contribution in [0.15, 0.2) is 24.3 Å². The SMILES string of the molecule is CCOC(=O)C(C)(C(=O)O)c1ccccc1Cl. The second kappa shape index (κ2) is 5.19. The Morgan fingerprint density at radius 1 is 1.41 bits per heavy atom. The van der Waals surface area contributed by atoms with Crippen LogP contribution in [0.4, 0.5) is 0 Å². The van der Waals surface area contributed by atoms with E-state index in [4.69, 9.17) is 16.3 Å². The Morgan fingerprint density at radius 3 is 2.47 bits per heavy atom. The number of esters is 1. The summed E-state index contributed by atoms with van der Waals surface area (Å²) in [6.07, 6.45) is 0.